The lowest BCUT2D eigenvalue weighted by molar-refractivity contribution is 0.405. The van der Waals surface area contributed by atoms with Crippen LogP contribution in [0.2, 0.25) is 0 Å². The standard InChI is InChI=1S/C17H25N5/c1-14-5-7-15(8-6-14)13-20-17-19-11-9-16(21-17)18-10-4-12-22(2)3/h5-9,11H,4,10,12-13H2,1-3H3,(H2,18,19,20,21). The van der Waals surface area contributed by atoms with Gasteiger partial charge in [0.1, 0.15) is 5.82 Å². The highest BCUT2D eigenvalue weighted by Crippen LogP contribution is 2.08. The summed E-state index contributed by atoms with van der Waals surface area (Å²) in [4.78, 5) is 10.9. The Bertz CT molecular complexity index is 566. The summed E-state index contributed by atoms with van der Waals surface area (Å²) >= 11 is 0. The molecule has 2 rings (SSSR count). The molecule has 1 heterocycles. The second-order valence-corrected chi connectivity index (χ2v) is 5.69. The van der Waals surface area contributed by atoms with Crippen LogP contribution in [0.5, 0.6) is 0 Å². The van der Waals surface area contributed by atoms with Gasteiger partial charge in [-0.3, -0.25) is 0 Å². The maximum absolute atomic E-state index is 4.48. The molecule has 2 N–H and O–H groups in total. The van der Waals surface area contributed by atoms with Crippen molar-refractivity contribution in [2.75, 3.05) is 37.8 Å². The zero-order valence-corrected chi connectivity index (χ0v) is 13.6. The van der Waals surface area contributed by atoms with E-state index in [9.17, 15) is 0 Å². The van der Waals surface area contributed by atoms with Crippen molar-refractivity contribution in [3.05, 3.63) is 47.7 Å². The number of nitrogens with zero attached hydrogens (tertiary/aromatic N) is 3. The van der Waals surface area contributed by atoms with Crippen LogP contribution in [-0.4, -0.2) is 42.1 Å². The van der Waals surface area contributed by atoms with E-state index in [1.807, 2.05) is 6.07 Å². The summed E-state index contributed by atoms with van der Waals surface area (Å²) in [6.45, 7) is 4.79. The fourth-order valence-corrected chi connectivity index (χ4v) is 2.04. The lowest BCUT2D eigenvalue weighted by atomic mass is 10.1. The van der Waals surface area contributed by atoms with Crippen molar-refractivity contribution in [2.24, 2.45) is 0 Å². The van der Waals surface area contributed by atoms with Crippen molar-refractivity contribution in [3.8, 4) is 0 Å². The molecule has 0 saturated heterocycles. The number of benzene rings is 1. The summed E-state index contributed by atoms with van der Waals surface area (Å²) in [6, 6.07) is 10.4. The van der Waals surface area contributed by atoms with Gasteiger partial charge in [0, 0.05) is 19.3 Å². The van der Waals surface area contributed by atoms with Gasteiger partial charge in [0.05, 0.1) is 0 Å². The molecule has 0 aliphatic carbocycles. The lowest BCUT2D eigenvalue weighted by Gasteiger charge is -2.11. The zero-order chi connectivity index (χ0) is 15.8. The van der Waals surface area contributed by atoms with E-state index in [0.717, 1.165) is 31.9 Å². The first-order valence-corrected chi connectivity index (χ1v) is 7.64. The Hall–Kier alpha value is -2.14. The molecular formula is C17H25N5. The van der Waals surface area contributed by atoms with E-state index in [1.165, 1.54) is 11.1 Å². The van der Waals surface area contributed by atoms with Crippen LogP contribution in [0.1, 0.15) is 17.5 Å². The molecule has 0 unspecified atom stereocenters. The highest BCUT2D eigenvalue weighted by atomic mass is 15.1. The number of aromatic nitrogens is 2. The van der Waals surface area contributed by atoms with Crippen molar-refractivity contribution in [1.29, 1.82) is 0 Å². The SMILES string of the molecule is Cc1ccc(CNc2nccc(NCCCN(C)C)n2)cc1. The van der Waals surface area contributed by atoms with Crippen LogP contribution in [0.3, 0.4) is 0 Å². The molecule has 1 aromatic heterocycles. The Morgan fingerprint density at radius 1 is 1.05 bits per heavy atom. The van der Waals surface area contributed by atoms with Gasteiger partial charge in [-0.15, -0.1) is 0 Å². The first-order chi connectivity index (χ1) is 10.6. The second kappa shape index (κ2) is 8.34. The van der Waals surface area contributed by atoms with Crippen molar-refractivity contribution in [2.45, 2.75) is 19.9 Å². The van der Waals surface area contributed by atoms with E-state index in [-0.39, 0.29) is 0 Å². The molecular weight excluding hydrogens is 274 g/mol. The molecule has 5 heteroatoms. The molecule has 0 radical (unpaired) electrons. The minimum Gasteiger partial charge on any atom is -0.370 e. The fraction of sp³-hybridized carbons (Fsp3) is 0.412. The molecule has 0 bridgehead atoms. The molecule has 0 aliphatic heterocycles. The third kappa shape index (κ3) is 5.69. The maximum atomic E-state index is 4.48. The first-order valence-electron chi connectivity index (χ1n) is 7.64. The topological polar surface area (TPSA) is 53.1 Å². The quantitative estimate of drug-likeness (QED) is 0.734. The number of rotatable bonds is 8. The fourth-order valence-electron chi connectivity index (χ4n) is 2.04. The van der Waals surface area contributed by atoms with E-state index in [0.29, 0.717) is 5.95 Å². The zero-order valence-electron chi connectivity index (χ0n) is 13.6. The molecule has 1 aromatic carbocycles. The third-order valence-electron chi connectivity index (χ3n) is 3.32. The molecule has 118 valence electrons. The Morgan fingerprint density at radius 3 is 2.55 bits per heavy atom. The van der Waals surface area contributed by atoms with Gasteiger partial charge in [0.15, 0.2) is 0 Å². The van der Waals surface area contributed by atoms with Crippen LogP contribution in [0.25, 0.3) is 0 Å². The monoisotopic (exact) mass is 299 g/mol. The van der Waals surface area contributed by atoms with E-state index in [2.05, 4.69) is 70.8 Å². The van der Waals surface area contributed by atoms with E-state index >= 15 is 0 Å². The van der Waals surface area contributed by atoms with Crippen LogP contribution >= 0.6 is 0 Å². The molecule has 0 amide bonds. The summed E-state index contributed by atoms with van der Waals surface area (Å²) in [5.41, 5.74) is 2.49. The third-order valence-corrected chi connectivity index (χ3v) is 3.32. The molecule has 0 atom stereocenters. The number of nitrogens with one attached hydrogen (secondary N) is 2. The van der Waals surface area contributed by atoms with Gasteiger partial charge in [0.25, 0.3) is 0 Å². The minimum atomic E-state index is 0.651. The van der Waals surface area contributed by atoms with Gasteiger partial charge in [-0.2, -0.15) is 4.98 Å². The minimum absolute atomic E-state index is 0.651. The summed E-state index contributed by atoms with van der Waals surface area (Å²) in [5, 5.41) is 6.59. The summed E-state index contributed by atoms with van der Waals surface area (Å²) in [7, 11) is 4.16. The highest BCUT2D eigenvalue weighted by molar-refractivity contribution is 5.40. The molecule has 0 spiro atoms. The van der Waals surface area contributed by atoms with Gasteiger partial charge >= 0.3 is 0 Å². The lowest BCUT2D eigenvalue weighted by Crippen LogP contribution is -2.16. The van der Waals surface area contributed by atoms with Gasteiger partial charge in [-0.1, -0.05) is 29.8 Å². The van der Waals surface area contributed by atoms with Crippen molar-refractivity contribution < 1.29 is 0 Å². The van der Waals surface area contributed by atoms with E-state index in [1.54, 1.807) is 6.20 Å². The van der Waals surface area contributed by atoms with Crippen molar-refractivity contribution in [3.63, 3.8) is 0 Å². The van der Waals surface area contributed by atoms with Crippen LogP contribution in [-0.2, 0) is 6.54 Å². The Balaban J connectivity index is 1.81. The van der Waals surface area contributed by atoms with Crippen LogP contribution < -0.4 is 10.6 Å². The van der Waals surface area contributed by atoms with Crippen LogP contribution in [0.4, 0.5) is 11.8 Å². The molecule has 2 aromatic rings. The predicted molar refractivity (Wildman–Crippen MR) is 92.2 cm³/mol. The Labute approximate surface area is 132 Å². The highest BCUT2D eigenvalue weighted by Gasteiger charge is 2.00. The number of hydrogen-bond acceptors (Lipinski definition) is 5. The number of hydrogen-bond donors (Lipinski definition) is 2. The smallest absolute Gasteiger partial charge is 0.224 e. The average Bonchev–Trinajstić information content (AvgIpc) is 2.51. The Kier molecular flexibility index (Phi) is 6.15. The number of anilines is 2. The van der Waals surface area contributed by atoms with E-state index < -0.39 is 0 Å². The molecule has 0 aliphatic rings. The van der Waals surface area contributed by atoms with Gasteiger partial charge < -0.3 is 15.5 Å². The first kappa shape index (κ1) is 16.2. The molecule has 0 fully saturated rings. The summed E-state index contributed by atoms with van der Waals surface area (Å²) in [6.07, 6.45) is 2.86. The van der Waals surface area contributed by atoms with Gasteiger partial charge in [-0.25, -0.2) is 4.98 Å². The molecule has 0 saturated carbocycles. The average molecular weight is 299 g/mol. The van der Waals surface area contributed by atoms with E-state index in [4.69, 9.17) is 0 Å². The normalized spacial score (nSPS) is 10.7. The van der Waals surface area contributed by atoms with Crippen LogP contribution in [0.15, 0.2) is 36.5 Å². The molecule has 22 heavy (non-hydrogen) atoms. The summed E-state index contributed by atoms with van der Waals surface area (Å²) in [5.74, 6) is 1.51. The Morgan fingerprint density at radius 2 is 1.82 bits per heavy atom. The predicted octanol–water partition coefficient (Wildman–Crippen LogP) is 2.76. The van der Waals surface area contributed by atoms with Crippen molar-refractivity contribution >= 4 is 11.8 Å². The summed E-state index contributed by atoms with van der Waals surface area (Å²) < 4.78 is 0. The largest absolute Gasteiger partial charge is 0.370 e. The molecule has 5 nitrogen and oxygen atoms in total. The van der Waals surface area contributed by atoms with Crippen LogP contribution in [0, 0.1) is 6.92 Å². The van der Waals surface area contributed by atoms with Crippen molar-refractivity contribution in [1.82, 2.24) is 14.9 Å². The van der Waals surface area contributed by atoms with Gasteiger partial charge in [0.2, 0.25) is 5.95 Å². The number of aryl methyl sites for hydroxylation is 1. The second-order valence-electron chi connectivity index (χ2n) is 5.69. The maximum Gasteiger partial charge on any atom is 0.224 e. The van der Waals surface area contributed by atoms with Gasteiger partial charge in [-0.05, 0) is 45.6 Å².